The quantitative estimate of drug-likeness (QED) is 0.806. The van der Waals surface area contributed by atoms with Crippen LogP contribution in [0.3, 0.4) is 0 Å². The summed E-state index contributed by atoms with van der Waals surface area (Å²) >= 11 is 0. The molecule has 0 saturated carbocycles. The Balaban J connectivity index is 2.06. The summed E-state index contributed by atoms with van der Waals surface area (Å²) in [5, 5.41) is 3.28. The average molecular weight is 223 g/mol. The number of amides is 1. The number of aryl methyl sites for hydroxylation is 1. The van der Waals surface area contributed by atoms with Crippen molar-refractivity contribution in [3.8, 4) is 0 Å². The number of carbonyl (C=O) groups is 1. The van der Waals surface area contributed by atoms with Crippen molar-refractivity contribution in [1.29, 1.82) is 0 Å². The van der Waals surface area contributed by atoms with E-state index in [4.69, 9.17) is 4.42 Å². The summed E-state index contributed by atoms with van der Waals surface area (Å²) in [7, 11) is 1.83. The largest absolute Gasteiger partial charge is 0.438 e. The summed E-state index contributed by atoms with van der Waals surface area (Å²) in [5.41, 5.74) is 0.658. The van der Waals surface area contributed by atoms with E-state index in [9.17, 15) is 4.79 Å². The van der Waals surface area contributed by atoms with E-state index >= 15 is 0 Å². The molecule has 5 heteroatoms. The summed E-state index contributed by atoms with van der Waals surface area (Å²) in [4.78, 5) is 17.8. The van der Waals surface area contributed by atoms with Crippen LogP contribution in [0.2, 0.25) is 0 Å². The summed E-state index contributed by atoms with van der Waals surface area (Å²) in [6, 6.07) is 0.304. The summed E-state index contributed by atoms with van der Waals surface area (Å²) in [6.45, 7) is 3.72. The molecule has 1 N–H and O–H groups in total. The van der Waals surface area contributed by atoms with Gasteiger partial charge in [-0.05, 0) is 32.9 Å². The molecule has 0 bridgehead atoms. The van der Waals surface area contributed by atoms with Gasteiger partial charge in [0, 0.05) is 13.1 Å². The molecule has 2 rings (SSSR count). The van der Waals surface area contributed by atoms with E-state index in [1.165, 1.54) is 6.39 Å². The molecule has 0 aromatic carbocycles. The first-order valence-corrected chi connectivity index (χ1v) is 5.58. The highest BCUT2D eigenvalue weighted by molar-refractivity contribution is 5.92. The maximum atomic E-state index is 12.1. The van der Waals surface area contributed by atoms with E-state index in [0.717, 1.165) is 25.9 Å². The van der Waals surface area contributed by atoms with Crippen molar-refractivity contribution in [2.24, 2.45) is 0 Å². The van der Waals surface area contributed by atoms with Gasteiger partial charge in [0.25, 0.3) is 5.91 Å². The number of carbonyl (C=O) groups excluding carboxylic acids is 1. The molecule has 5 nitrogen and oxygen atoms in total. The molecule has 1 aliphatic heterocycles. The van der Waals surface area contributed by atoms with Crippen LogP contribution in [0.1, 0.15) is 29.1 Å². The molecule has 0 atom stereocenters. The first-order chi connectivity index (χ1) is 7.70. The van der Waals surface area contributed by atoms with E-state index in [-0.39, 0.29) is 5.91 Å². The third-order valence-corrected chi connectivity index (χ3v) is 3.12. The normalized spacial score (nSPS) is 17.4. The smallest absolute Gasteiger partial charge is 0.291 e. The van der Waals surface area contributed by atoms with Crippen LogP contribution in [0.4, 0.5) is 0 Å². The van der Waals surface area contributed by atoms with E-state index < -0.39 is 0 Å². The van der Waals surface area contributed by atoms with Gasteiger partial charge >= 0.3 is 0 Å². The minimum absolute atomic E-state index is 0.0677. The van der Waals surface area contributed by atoms with Crippen molar-refractivity contribution in [3.05, 3.63) is 17.8 Å². The fourth-order valence-electron chi connectivity index (χ4n) is 2.03. The molecular weight excluding hydrogens is 206 g/mol. The van der Waals surface area contributed by atoms with Gasteiger partial charge in [-0.15, -0.1) is 0 Å². The van der Waals surface area contributed by atoms with Gasteiger partial charge in [-0.25, -0.2) is 4.98 Å². The highest BCUT2D eigenvalue weighted by Gasteiger charge is 2.25. The van der Waals surface area contributed by atoms with Gasteiger partial charge in [0.2, 0.25) is 5.76 Å². The van der Waals surface area contributed by atoms with E-state index in [1.54, 1.807) is 11.8 Å². The standard InChI is InChI=1S/C11H17N3O2/c1-8-10(16-7-13-8)11(15)14(2)9-3-5-12-6-4-9/h7,9,12H,3-6H2,1-2H3. The Kier molecular flexibility index (Phi) is 3.24. The van der Waals surface area contributed by atoms with E-state index in [1.807, 2.05) is 7.05 Å². The number of aromatic nitrogens is 1. The van der Waals surface area contributed by atoms with Crippen LogP contribution in [0, 0.1) is 6.92 Å². The average Bonchev–Trinajstić information content (AvgIpc) is 2.75. The van der Waals surface area contributed by atoms with Crippen molar-refractivity contribution in [3.63, 3.8) is 0 Å². The predicted octanol–water partition coefficient (Wildman–Crippen LogP) is 0.807. The number of hydrogen-bond acceptors (Lipinski definition) is 4. The minimum atomic E-state index is -0.0677. The zero-order chi connectivity index (χ0) is 11.5. The molecule has 88 valence electrons. The Morgan fingerprint density at radius 2 is 2.25 bits per heavy atom. The Hall–Kier alpha value is -1.36. The first kappa shape index (κ1) is 11.1. The molecule has 0 unspecified atom stereocenters. The van der Waals surface area contributed by atoms with Crippen LogP contribution < -0.4 is 5.32 Å². The Labute approximate surface area is 94.8 Å². The second-order valence-corrected chi connectivity index (χ2v) is 4.16. The molecule has 0 aliphatic carbocycles. The molecule has 1 saturated heterocycles. The van der Waals surface area contributed by atoms with Gasteiger partial charge in [-0.3, -0.25) is 4.79 Å². The zero-order valence-corrected chi connectivity index (χ0v) is 9.69. The molecule has 1 aromatic heterocycles. The lowest BCUT2D eigenvalue weighted by Crippen LogP contribution is -2.44. The second-order valence-electron chi connectivity index (χ2n) is 4.16. The second kappa shape index (κ2) is 4.65. The highest BCUT2D eigenvalue weighted by atomic mass is 16.3. The van der Waals surface area contributed by atoms with Gasteiger partial charge < -0.3 is 14.6 Å². The van der Waals surface area contributed by atoms with Crippen LogP contribution in [0.15, 0.2) is 10.8 Å². The molecular formula is C11H17N3O2. The third kappa shape index (κ3) is 2.09. The number of nitrogens with one attached hydrogen (secondary N) is 1. The Bertz CT molecular complexity index is 369. The number of oxazole rings is 1. The number of hydrogen-bond donors (Lipinski definition) is 1. The molecule has 1 fully saturated rings. The number of rotatable bonds is 2. The molecule has 0 spiro atoms. The Morgan fingerprint density at radius 3 is 2.81 bits per heavy atom. The van der Waals surface area contributed by atoms with Crippen LogP contribution in [-0.2, 0) is 0 Å². The summed E-state index contributed by atoms with van der Waals surface area (Å²) in [5.74, 6) is 0.294. The fraction of sp³-hybridized carbons (Fsp3) is 0.636. The van der Waals surface area contributed by atoms with Crippen LogP contribution in [-0.4, -0.2) is 42.0 Å². The molecule has 2 heterocycles. The van der Waals surface area contributed by atoms with Crippen molar-refractivity contribution >= 4 is 5.91 Å². The van der Waals surface area contributed by atoms with E-state index in [0.29, 0.717) is 17.5 Å². The zero-order valence-electron chi connectivity index (χ0n) is 9.69. The van der Waals surface area contributed by atoms with E-state index in [2.05, 4.69) is 10.3 Å². The van der Waals surface area contributed by atoms with Crippen molar-refractivity contribution in [1.82, 2.24) is 15.2 Å². The summed E-state index contributed by atoms with van der Waals surface area (Å²) in [6.07, 6.45) is 3.31. The van der Waals surface area contributed by atoms with Gasteiger partial charge in [-0.1, -0.05) is 0 Å². The summed E-state index contributed by atoms with van der Waals surface area (Å²) < 4.78 is 5.12. The Morgan fingerprint density at radius 1 is 1.56 bits per heavy atom. The first-order valence-electron chi connectivity index (χ1n) is 5.58. The topological polar surface area (TPSA) is 58.4 Å². The minimum Gasteiger partial charge on any atom is -0.438 e. The predicted molar refractivity (Wildman–Crippen MR) is 59.2 cm³/mol. The lowest BCUT2D eigenvalue weighted by Gasteiger charge is -2.31. The van der Waals surface area contributed by atoms with Gasteiger partial charge in [0.1, 0.15) is 0 Å². The van der Waals surface area contributed by atoms with Crippen molar-refractivity contribution in [2.75, 3.05) is 20.1 Å². The SMILES string of the molecule is Cc1ncoc1C(=O)N(C)C1CCNCC1. The van der Waals surface area contributed by atoms with Crippen LogP contribution in [0.5, 0.6) is 0 Å². The van der Waals surface area contributed by atoms with Crippen LogP contribution in [0.25, 0.3) is 0 Å². The fourth-order valence-corrected chi connectivity index (χ4v) is 2.03. The van der Waals surface area contributed by atoms with Crippen molar-refractivity contribution in [2.45, 2.75) is 25.8 Å². The van der Waals surface area contributed by atoms with Crippen LogP contribution >= 0.6 is 0 Å². The highest BCUT2D eigenvalue weighted by Crippen LogP contribution is 2.15. The lowest BCUT2D eigenvalue weighted by atomic mass is 10.1. The number of piperidine rings is 1. The maximum absolute atomic E-state index is 12.1. The van der Waals surface area contributed by atoms with Gasteiger partial charge in [0.05, 0.1) is 5.69 Å². The molecule has 1 amide bonds. The number of nitrogens with zero attached hydrogens (tertiary/aromatic N) is 2. The molecule has 0 radical (unpaired) electrons. The maximum Gasteiger partial charge on any atom is 0.291 e. The van der Waals surface area contributed by atoms with Gasteiger partial charge in [0.15, 0.2) is 6.39 Å². The monoisotopic (exact) mass is 223 g/mol. The van der Waals surface area contributed by atoms with Crippen molar-refractivity contribution < 1.29 is 9.21 Å². The van der Waals surface area contributed by atoms with Gasteiger partial charge in [-0.2, -0.15) is 0 Å². The molecule has 16 heavy (non-hydrogen) atoms. The lowest BCUT2D eigenvalue weighted by molar-refractivity contribution is 0.0670. The third-order valence-electron chi connectivity index (χ3n) is 3.12. The molecule has 1 aliphatic rings. The molecule has 1 aromatic rings.